The fourth-order valence-corrected chi connectivity index (χ4v) is 3.96. The molecule has 3 rings (SSSR count). The number of imide groups is 1. The number of nitriles is 1. The van der Waals surface area contributed by atoms with Crippen LogP contribution in [0.1, 0.15) is 19.6 Å². The molecule has 158 valence electrons. The maximum absolute atomic E-state index is 12.5. The van der Waals surface area contributed by atoms with Crippen molar-refractivity contribution in [1.82, 2.24) is 9.62 Å². The first-order chi connectivity index (χ1) is 14.5. The van der Waals surface area contributed by atoms with Gasteiger partial charge in [0.05, 0.1) is 4.90 Å². The zero-order valence-corrected chi connectivity index (χ0v) is 17.6. The van der Waals surface area contributed by atoms with E-state index in [9.17, 15) is 28.1 Å². The third kappa shape index (κ3) is 4.17. The first-order valence-electron chi connectivity index (χ1n) is 8.94. The molecule has 0 aliphatic carbocycles. The van der Waals surface area contributed by atoms with Crippen LogP contribution >= 0.6 is 0 Å². The molecule has 1 N–H and O–H groups in total. The molecule has 9 nitrogen and oxygen atoms in total. The van der Waals surface area contributed by atoms with E-state index in [-0.39, 0.29) is 21.6 Å². The van der Waals surface area contributed by atoms with Gasteiger partial charge in [-0.2, -0.15) is 5.26 Å². The summed E-state index contributed by atoms with van der Waals surface area (Å²) in [5.74, 6) is -1.18. The second kappa shape index (κ2) is 8.04. The zero-order chi connectivity index (χ0) is 22.9. The number of carbonyl (C=O) groups excluding carboxylic acids is 3. The van der Waals surface area contributed by atoms with Crippen LogP contribution in [0.5, 0.6) is 0 Å². The number of hydrogen-bond acceptors (Lipinski definition) is 7. The molecule has 1 aliphatic rings. The monoisotopic (exact) mass is 439 g/mol. The van der Waals surface area contributed by atoms with Gasteiger partial charge in [0.15, 0.2) is 0 Å². The van der Waals surface area contributed by atoms with E-state index in [0.29, 0.717) is 17.1 Å². The number of likely N-dealkylation sites (N-methyl/N-ethyl adjacent to an activating group) is 1. The van der Waals surface area contributed by atoms with Crippen molar-refractivity contribution in [2.75, 3.05) is 7.05 Å². The predicted octanol–water partition coefficient (Wildman–Crippen LogP) is 1.99. The molecule has 0 unspecified atom stereocenters. The number of nitrogens with zero attached hydrogens (tertiary/aromatic N) is 2. The SMILES string of the molecule is CC(=O)NS(=O)(=O)c1ccc(-c2ccc(/C=C3/C(=O)N(C)C(=O)C(C#N)=C3C)o2)cc1. The van der Waals surface area contributed by atoms with Crippen molar-refractivity contribution < 1.29 is 27.2 Å². The van der Waals surface area contributed by atoms with E-state index in [1.165, 1.54) is 44.3 Å². The Morgan fingerprint density at radius 3 is 2.35 bits per heavy atom. The number of hydrogen-bond donors (Lipinski definition) is 1. The lowest BCUT2D eigenvalue weighted by Gasteiger charge is -2.23. The topological polar surface area (TPSA) is 138 Å². The van der Waals surface area contributed by atoms with Gasteiger partial charge in [-0.25, -0.2) is 13.1 Å². The zero-order valence-electron chi connectivity index (χ0n) is 16.8. The Kier molecular flexibility index (Phi) is 5.64. The van der Waals surface area contributed by atoms with E-state index >= 15 is 0 Å². The Bertz CT molecular complexity index is 1310. The molecule has 0 bridgehead atoms. The standard InChI is InChI=1S/C21H17N3O6S/c1-12-17(20(26)24(3)21(27)18(12)11-22)10-15-6-9-19(30-15)14-4-7-16(8-5-14)31(28,29)23-13(2)25/h4-10H,1-3H3,(H,23,25)/b17-10+. The smallest absolute Gasteiger partial charge is 0.271 e. The minimum absolute atomic E-state index is 0.0781. The lowest BCUT2D eigenvalue weighted by molar-refractivity contribution is -0.138. The molecule has 0 fully saturated rings. The molecule has 31 heavy (non-hydrogen) atoms. The minimum Gasteiger partial charge on any atom is -0.457 e. The van der Waals surface area contributed by atoms with Gasteiger partial charge in [0, 0.05) is 25.1 Å². The maximum Gasteiger partial charge on any atom is 0.271 e. The van der Waals surface area contributed by atoms with Gasteiger partial charge < -0.3 is 4.42 Å². The Hall–Kier alpha value is -3.97. The summed E-state index contributed by atoms with van der Waals surface area (Å²) in [5, 5.41) is 9.22. The number of amides is 3. The van der Waals surface area contributed by atoms with Gasteiger partial charge in [-0.05, 0) is 55.0 Å². The van der Waals surface area contributed by atoms with Gasteiger partial charge >= 0.3 is 0 Å². The Labute approximate surface area is 178 Å². The van der Waals surface area contributed by atoms with Crippen LogP contribution < -0.4 is 4.72 Å². The Morgan fingerprint density at radius 2 is 1.77 bits per heavy atom. The van der Waals surface area contributed by atoms with Crippen molar-refractivity contribution in [3.8, 4) is 17.4 Å². The van der Waals surface area contributed by atoms with Gasteiger partial charge in [0.2, 0.25) is 5.91 Å². The predicted molar refractivity (Wildman–Crippen MR) is 109 cm³/mol. The number of carbonyl (C=O) groups is 3. The van der Waals surface area contributed by atoms with Crippen LogP contribution in [0.2, 0.25) is 0 Å². The van der Waals surface area contributed by atoms with Crippen molar-refractivity contribution in [3.05, 3.63) is 58.9 Å². The summed E-state index contributed by atoms with van der Waals surface area (Å²) in [6.07, 6.45) is 1.44. The van der Waals surface area contributed by atoms with Gasteiger partial charge in [-0.15, -0.1) is 0 Å². The maximum atomic E-state index is 12.5. The third-order valence-corrected chi connectivity index (χ3v) is 6.03. The van der Waals surface area contributed by atoms with E-state index < -0.39 is 27.7 Å². The molecule has 2 aromatic rings. The number of benzene rings is 1. The van der Waals surface area contributed by atoms with Crippen molar-refractivity contribution in [2.24, 2.45) is 0 Å². The molecule has 10 heteroatoms. The number of sulfonamides is 1. The highest BCUT2D eigenvalue weighted by Crippen LogP contribution is 2.29. The third-order valence-electron chi connectivity index (χ3n) is 4.58. The highest BCUT2D eigenvalue weighted by molar-refractivity contribution is 7.90. The average Bonchev–Trinajstić information content (AvgIpc) is 3.18. The molecular formula is C21H17N3O6S. The summed E-state index contributed by atoms with van der Waals surface area (Å²) >= 11 is 0. The van der Waals surface area contributed by atoms with Crippen molar-refractivity contribution >= 4 is 33.8 Å². The van der Waals surface area contributed by atoms with Crippen molar-refractivity contribution in [1.29, 1.82) is 5.26 Å². The van der Waals surface area contributed by atoms with Crippen molar-refractivity contribution in [3.63, 3.8) is 0 Å². The van der Waals surface area contributed by atoms with Gasteiger partial charge in [0.25, 0.3) is 21.8 Å². The second-order valence-corrected chi connectivity index (χ2v) is 8.41. The molecule has 1 aliphatic heterocycles. The molecule has 0 spiro atoms. The fraction of sp³-hybridized carbons (Fsp3) is 0.143. The molecule has 1 aromatic carbocycles. The first kappa shape index (κ1) is 21.7. The largest absolute Gasteiger partial charge is 0.457 e. The van der Waals surface area contributed by atoms with E-state index in [1.807, 2.05) is 10.8 Å². The number of furan rings is 1. The van der Waals surface area contributed by atoms with Gasteiger partial charge in [0.1, 0.15) is 23.2 Å². The van der Waals surface area contributed by atoms with Crippen LogP contribution in [-0.4, -0.2) is 38.1 Å². The number of rotatable bonds is 4. The quantitative estimate of drug-likeness (QED) is 0.568. The van der Waals surface area contributed by atoms with Gasteiger partial charge in [-0.1, -0.05) is 0 Å². The van der Waals surface area contributed by atoms with E-state index in [2.05, 4.69) is 0 Å². The summed E-state index contributed by atoms with van der Waals surface area (Å²) in [6, 6.07) is 10.8. The molecule has 0 radical (unpaired) electrons. The highest BCUT2D eigenvalue weighted by atomic mass is 32.2. The summed E-state index contributed by atoms with van der Waals surface area (Å²) in [4.78, 5) is 36.3. The van der Waals surface area contributed by atoms with E-state index in [4.69, 9.17) is 4.42 Å². The molecule has 3 amide bonds. The van der Waals surface area contributed by atoms with Crippen LogP contribution in [0.25, 0.3) is 17.4 Å². The van der Waals surface area contributed by atoms with Crippen molar-refractivity contribution in [2.45, 2.75) is 18.7 Å². The van der Waals surface area contributed by atoms with Crippen LogP contribution in [0.4, 0.5) is 0 Å². The molecule has 0 saturated carbocycles. The molecular weight excluding hydrogens is 422 g/mol. The first-order valence-corrected chi connectivity index (χ1v) is 10.4. The summed E-state index contributed by atoms with van der Waals surface area (Å²) < 4.78 is 31.7. The van der Waals surface area contributed by atoms with Gasteiger partial charge in [-0.3, -0.25) is 19.3 Å². The average molecular weight is 439 g/mol. The number of nitrogens with one attached hydrogen (secondary N) is 1. The highest BCUT2D eigenvalue weighted by Gasteiger charge is 2.33. The molecule has 2 heterocycles. The normalized spacial score (nSPS) is 15.9. The lowest BCUT2D eigenvalue weighted by atomic mass is 9.95. The Morgan fingerprint density at radius 1 is 1.13 bits per heavy atom. The molecule has 0 saturated heterocycles. The summed E-state index contributed by atoms with van der Waals surface area (Å²) in [7, 11) is -2.64. The second-order valence-electron chi connectivity index (χ2n) is 6.73. The summed E-state index contributed by atoms with van der Waals surface area (Å²) in [5.41, 5.74) is 0.882. The van der Waals surface area contributed by atoms with Crippen LogP contribution in [0, 0.1) is 11.3 Å². The van der Waals surface area contributed by atoms with E-state index in [0.717, 1.165) is 11.8 Å². The fourth-order valence-electron chi connectivity index (χ4n) is 2.97. The summed E-state index contributed by atoms with van der Waals surface area (Å²) in [6.45, 7) is 2.62. The lowest BCUT2D eigenvalue weighted by Crippen LogP contribution is -2.39. The molecule has 0 atom stereocenters. The van der Waals surface area contributed by atoms with Crippen LogP contribution in [-0.2, 0) is 24.4 Å². The molecule has 1 aromatic heterocycles. The Balaban J connectivity index is 1.93. The van der Waals surface area contributed by atoms with Crippen LogP contribution in [0.15, 0.2) is 62.4 Å². The minimum atomic E-state index is -3.94. The van der Waals surface area contributed by atoms with Crippen LogP contribution in [0.3, 0.4) is 0 Å². The van der Waals surface area contributed by atoms with E-state index in [1.54, 1.807) is 12.1 Å².